The van der Waals surface area contributed by atoms with Gasteiger partial charge in [0.15, 0.2) is 0 Å². The minimum absolute atomic E-state index is 0.130. The molecule has 3 aromatic rings. The lowest BCUT2D eigenvalue weighted by molar-refractivity contribution is -0.120. The largest absolute Gasteiger partial charge is 0.366 e. The van der Waals surface area contributed by atoms with Crippen LogP contribution in [0.4, 0.5) is 11.4 Å². The topological polar surface area (TPSA) is 40.6 Å². The van der Waals surface area contributed by atoms with Gasteiger partial charge in [0.05, 0.1) is 12.1 Å². The Morgan fingerprint density at radius 2 is 1.47 bits per heavy atom. The second-order valence-corrected chi connectivity index (χ2v) is 7.72. The molecule has 30 heavy (non-hydrogen) atoms. The number of rotatable bonds is 3. The van der Waals surface area contributed by atoms with Crippen LogP contribution in [0.25, 0.3) is 6.08 Å². The molecule has 0 radical (unpaired) electrons. The van der Waals surface area contributed by atoms with Crippen molar-refractivity contribution in [1.29, 1.82) is 0 Å². The van der Waals surface area contributed by atoms with Crippen LogP contribution in [0, 0.1) is 0 Å². The van der Waals surface area contributed by atoms with Crippen molar-refractivity contribution in [3.05, 3.63) is 101 Å². The summed E-state index contributed by atoms with van der Waals surface area (Å²) >= 11 is 0. The van der Waals surface area contributed by atoms with Crippen molar-refractivity contribution in [2.75, 3.05) is 16.3 Å². The highest BCUT2D eigenvalue weighted by Crippen LogP contribution is 2.32. The normalized spacial score (nSPS) is 17.5. The summed E-state index contributed by atoms with van der Waals surface area (Å²) in [7, 11) is 0. The zero-order valence-electron chi connectivity index (χ0n) is 16.6. The van der Waals surface area contributed by atoms with Gasteiger partial charge >= 0.3 is 0 Å². The highest BCUT2D eigenvalue weighted by atomic mass is 16.2. The van der Waals surface area contributed by atoms with Crippen molar-refractivity contribution in [3.8, 4) is 0 Å². The molecule has 2 amide bonds. The van der Waals surface area contributed by atoms with Crippen LogP contribution in [0.15, 0.2) is 84.4 Å². The molecule has 2 aliphatic heterocycles. The van der Waals surface area contributed by atoms with E-state index >= 15 is 0 Å². The van der Waals surface area contributed by atoms with Gasteiger partial charge in [-0.2, -0.15) is 0 Å². The number of benzene rings is 3. The fourth-order valence-electron chi connectivity index (χ4n) is 4.31. The lowest BCUT2D eigenvalue weighted by Gasteiger charge is -2.32. The summed E-state index contributed by atoms with van der Waals surface area (Å²) in [5.74, 6) is -0.410. The second kappa shape index (κ2) is 7.64. The Kier molecular flexibility index (Phi) is 4.68. The molecule has 4 nitrogen and oxygen atoms in total. The van der Waals surface area contributed by atoms with Gasteiger partial charge in [0, 0.05) is 24.4 Å². The Morgan fingerprint density at radius 1 is 0.767 bits per heavy atom. The zero-order valence-corrected chi connectivity index (χ0v) is 16.6. The smallest absolute Gasteiger partial charge is 0.261 e. The van der Waals surface area contributed by atoms with Crippen molar-refractivity contribution in [2.24, 2.45) is 0 Å². The zero-order chi connectivity index (χ0) is 20.5. The Bertz CT molecular complexity index is 1150. The van der Waals surface area contributed by atoms with Crippen LogP contribution in [0.2, 0.25) is 0 Å². The highest BCUT2D eigenvalue weighted by Gasteiger charge is 2.35. The minimum Gasteiger partial charge on any atom is -0.366 e. The van der Waals surface area contributed by atoms with Crippen molar-refractivity contribution < 1.29 is 9.59 Å². The predicted octanol–water partition coefficient (Wildman–Crippen LogP) is 4.60. The van der Waals surface area contributed by atoms with Gasteiger partial charge in [-0.1, -0.05) is 60.7 Å². The molecule has 3 aromatic carbocycles. The first-order chi connectivity index (χ1) is 14.7. The summed E-state index contributed by atoms with van der Waals surface area (Å²) in [6.45, 7) is 1.78. The number of fused-ring (bicyclic) bond motifs is 1. The van der Waals surface area contributed by atoms with Gasteiger partial charge in [-0.25, -0.2) is 4.90 Å². The average molecular weight is 394 g/mol. The SMILES string of the molecule is O=C1C/C(=C\c2ccccc2N2CCc3ccccc3C2)C(=O)N1c1ccccc1. The Balaban J connectivity index is 1.46. The fourth-order valence-corrected chi connectivity index (χ4v) is 4.31. The van der Waals surface area contributed by atoms with Gasteiger partial charge in [-0.3, -0.25) is 9.59 Å². The van der Waals surface area contributed by atoms with Crippen LogP contribution in [-0.4, -0.2) is 18.4 Å². The quantitative estimate of drug-likeness (QED) is 0.482. The molecule has 2 heterocycles. The van der Waals surface area contributed by atoms with Crippen LogP contribution in [0.5, 0.6) is 0 Å². The summed E-state index contributed by atoms with van der Waals surface area (Å²) < 4.78 is 0. The predicted molar refractivity (Wildman–Crippen MR) is 119 cm³/mol. The molecule has 0 atom stereocenters. The van der Waals surface area contributed by atoms with E-state index in [-0.39, 0.29) is 18.2 Å². The lowest BCUT2D eigenvalue weighted by atomic mass is 9.98. The number of carbonyl (C=O) groups excluding carboxylic acids is 2. The molecule has 0 bridgehead atoms. The standard InChI is InChI=1S/C26H22N2O2/c29-25-17-22(26(30)28(25)23-11-2-1-3-12-23)16-20-9-6-7-13-24(20)27-15-14-19-8-4-5-10-21(19)18-27/h1-13,16H,14-15,17-18H2/b22-16+. The average Bonchev–Trinajstić information content (AvgIpc) is 3.07. The van der Waals surface area contributed by atoms with Crippen LogP contribution in [0.3, 0.4) is 0 Å². The van der Waals surface area contributed by atoms with Gasteiger partial charge in [0.25, 0.3) is 5.91 Å². The third-order valence-corrected chi connectivity index (χ3v) is 5.82. The number of hydrogen-bond donors (Lipinski definition) is 0. The van der Waals surface area contributed by atoms with E-state index in [0.29, 0.717) is 11.3 Å². The lowest BCUT2D eigenvalue weighted by Crippen LogP contribution is -2.30. The first-order valence-corrected chi connectivity index (χ1v) is 10.2. The van der Waals surface area contributed by atoms with Gasteiger partial charge in [-0.05, 0) is 47.4 Å². The van der Waals surface area contributed by atoms with Gasteiger partial charge in [0.1, 0.15) is 0 Å². The Labute approximate surface area is 176 Å². The number of nitrogens with zero attached hydrogens (tertiary/aromatic N) is 2. The molecule has 1 fully saturated rings. The first kappa shape index (κ1) is 18.4. The summed E-state index contributed by atoms with van der Waals surface area (Å²) in [6.07, 6.45) is 3.02. The third-order valence-electron chi connectivity index (χ3n) is 5.82. The summed E-state index contributed by atoms with van der Waals surface area (Å²) in [5, 5.41) is 0. The van der Waals surface area contributed by atoms with Crippen LogP contribution < -0.4 is 9.80 Å². The van der Waals surface area contributed by atoms with E-state index in [9.17, 15) is 9.59 Å². The van der Waals surface area contributed by atoms with Crippen molar-refractivity contribution in [2.45, 2.75) is 19.4 Å². The summed E-state index contributed by atoms with van der Waals surface area (Å²) in [6, 6.07) is 25.8. The van der Waals surface area contributed by atoms with Gasteiger partial charge in [-0.15, -0.1) is 0 Å². The molecular weight excluding hydrogens is 372 g/mol. The number of hydrogen-bond acceptors (Lipinski definition) is 3. The highest BCUT2D eigenvalue weighted by molar-refractivity contribution is 6.29. The number of anilines is 2. The van der Waals surface area contributed by atoms with Crippen molar-refractivity contribution >= 4 is 29.3 Å². The molecule has 0 spiro atoms. The monoisotopic (exact) mass is 394 g/mol. The van der Waals surface area contributed by atoms with E-state index in [0.717, 1.165) is 30.8 Å². The van der Waals surface area contributed by atoms with Crippen LogP contribution in [-0.2, 0) is 22.6 Å². The van der Waals surface area contributed by atoms with E-state index in [4.69, 9.17) is 0 Å². The molecular formula is C26H22N2O2. The Morgan fingerprint density at radius 3 is 2.30 bits per heavy atom. The number of para-hydroxylation sites is 2. The molecule has 0 aliphatic carbocycles. The van der Waals surface area contributed by atoms with E-state index in [1.807, 2.05) is 42.5 Å². The fraction of sp³-hybridized carbons (Fsp3) is 0.154. The number of imide groups is 1. The molecule has 0 saturated carbocycles. The Hall–Kier alpha value is -3.66. The summed E-state index contributed by atoms with van der Waals surface area (Å²) in [4.78, 5) is 29.2. The van der Waals surface area contributed by atoms with Crippen molar-refractivity contribution in [1.82, 2.24) is 0 Å². The summed E-state index contributed by atoms with van der Waals surface area (Å²) in [5.41, 5.74) is 5.97. The minimum atomic E-state index is -0.231. The first-order valence-electron chi connectivity index (χ1n) is 10.2. The molecule has 5 rings (SSSR count). The van der Waals surface area contributed by atoms with Crippen LogP contribution in [0.1, 0.15) is 23.1 Å². The molecule has 1 saturated heterocycles. The maximum absolute atomic E-state index is 13.0. The van der Waals surface area contributed by atoms with E-state index in [1.165, 1.54) is 16.0 Å². The molecule has 4 heteroatoms. The number of carbonyl (C=O) groups is 2. The third kappa shape index (κ3) is 3.30. The molecule has 0 N–H and O–H groups in total. The maximum atomic E-state index is 13.0. The van der Waals surface area contributed by atoms with Crippen molar-refractivity contribution in [3.63, 3.8) is 0 Å². The van der Waals surface area contributed by atoms with E-state index in [2.05, 4.69) is 35.2 Å². The van der Waals surface area contributed by atoms with E-state index < -0.39 is 0 Å². The van der Waals surface area contributed by atoms with Gasteiger partial charge < -0.3 is 4.90 Å². The molecule has 2 aliphatic rings. The maximum Gasteiger partial charge on any atom is 0.261 e. The number of amides is 2. The van der Waals surface area contributed by atoms with E-state index in [1.54, 1.807) is 12.1 Å². The molecule has 148 valence electrons. The second-order valence-electron chi connectivity index (χ2n) is 7.72. The molecule has 0 aromatic heterocycles. The van der Waals surface area contributed by atoms with Crippen LogP contribution >= 0.6 is 0 Å². The van der Waals surface area contributed by atoms with Gasteiger partial charge in [0.2, 0.25) is 5.91 Å². The molecule has 0 unspecified atom stereocenters.